The summed E-state index contributed by atoms with van der Waals surface area (Å²) < 4.78 is 18.5. The highest BCUT2D eigenvalue weighted by atomic mass is 16.7. The third-order valence-corrected chi connectivity index (χ3v) is 4.90. The number of amides is 1. The van der Waals surface area contributed by atoms with Gasteiger partial charge in [0.2, 0.25) is 12.7 Å². The van der Waals surface area contributed by atoms with Gasteiger partial charge in [0, 0.05) is 17.3 Å². The summed E-state index contributed by atoms with van der Waals surface area (Å²) in [7, 11) is 0. The SMILES string of the molecule is CCOc1ccc(-c2cc3c(=O)n(CC(=O)Nc4ccc5c(c4)OCO5)ncn3n2)cc1. The maximum atomic E-state index is 12.9. The molecule has 32 heavy (non-hydrogen) atoms. The number of ether oxygens (including phenoxy) is 3. The number of fused-ring (bicyclic) bond motifs is 2. The fourth-order valence-corrected chi connectivity index (χ4v) is 3.39. The van der Waals surface area contributed by atoms with Gasteiger partial charge in [-0.25, -0.2) is 9.20 Å². The number of hydrogen-bond donors (Lipinski definition) is 1. The molecule has 1 aliphatic heterocycles. The Bertz CT molecular complexity index is 1360. The highest BCUT2D eigenvalue weighted by Gasteiger charge is 2.16. The first-order chi connectivity index (χ1) is 15.6. The maximum absolute atomic E-state index is 12.9. The average Bonchev–Trinajstić information content (AvgIpc) is 3.43. The number of nitrogens with zero attached hydrogens (tertiary/aromatic N) is 4. The number of carbonyl (C=O) groups excluding carboxylic acids is 1. The minimum absolute atomic E-state index is 0.149. The minimum atomic E-state index is -0.418. The molecule has 0 atom stereocenters. The maximum Gasteiger partial charge on any atom is 0.293 e. The van der Waals surface area contributed by atoms with Gasteiger partial charge in [0.25, 0.3) is 5.56 Å². The highest BCUT2D eigenvalue weighted by Crippen LogP contribution is 2.34. The van der Waals surface area contributed by atoms with Crippen molar-refractivity contribution in [3.63, 3.8) is 0 Å². The van der Waals surface area contributed by atoms with Crippen molar-refractivity contribution in [3.8, 4) is 28.5 Å². The number of anilines is 1. The van der Waals surface area contributed by atoms with E-state index >= 15 is 0 Å². The molecule has 5 rings (SSSR count). The van der Waals surface area contributed by atoms with E-state index in [4.69, 9.17) is 14.2 Å². The van der Waals surface area contributed by atoms with Crippen LogP contribution in [0.5, 0.6) is 17.2 Å². The molecule has 10 nitrogen and oxygen atoms in total. The monoisotopic (exact) mass is 433 g/mol. The predicted octanol–water partition coefficient (Wildman–Crippen LogP) is 2.32. The van der Waals surface area contributed by atoms with Crippen molar-refractivity contribution in [2.45, 2.75) is 13.5 Å². The smallest absolute Gasteiger partial charge is 0.293 e. The molecule has 2 aromatic heterocycles. The fraction of sp³-hybridized carbons (Fsp3) is 0.182. The molecule has 0 saturated carbocycles. The van der Waals surface area contributed by atoms with Gasteiger partial charge in [0.1, 0.15) is 24.1 Å². The van der Waals surface area contributed by atoms with Gasteiger partial charge in [-0.1, -0.05) is 0 Å². The Morgan fingerprint density at radius 1 is 1.12 bits per heavy atom. The van der Waals surface area contributed by atoms with Gasteiger partial charge in [0.05, 0.1) is 12.3 Å². The molecule has 0 bridgehead atoms. The molecule has 1 amide bonds. The van der Waals surface area contributed by atoms with E-state index < -0.39 is 11.5 Å². The van der Waals surface area contributed by atoms with Crippen molar-refractivity contribution in [2.24, 2.45) is 0 Å². The van der Waals surface area contributed by atoms with Crippen LogP contribution >= 0.6 is 0 Å². The molecule has 0 unspecified atom stereocenters. The minimum Gasteiger partial charge on any atom is -0.494 e. The van der Waals surface area contributed by atoms with E-state index in [0.29, 0.717) is 35.0 Å². The topological polar surface area (TPSA) is 109 Å². The summed E-state index contributed by atoms with van der Waals surface area (Å²) in [6.07, 6.45) is 1.41. The number of carbonyl (C=O) groups is 1. The quantitative estimate of drug-likeness (QED) is 0.497. The fourth-order valence-electron chi connectivity index (χ4n) is 3.39. The Morgan fingerprint density at radius 3 is 2.75 bits per heavy atom. The highest BCUT2D eigenvalue weighted by molar-refractivity contribution is 5.91. The first-order valence-corrected chi connectivity index (χ1v) is 9.99. The van der Waals surface area contributed by atoms with Crippen LogP contribution in [0.25, 0.3) is 16.8 Å². The first kappa shape index (κ1) is 19.6. The Labute approximate surface area is 182 Å². The van der Waals surface area contributed by atoms with Gasteiger partial charge in [-0.3, -0.25) is 9.59 Å². The summed E-state index contributed by atoms with van der Waals surface area (Å²) in [5, 5.41) is 11.2. The van der Waals surface area contributed by atoms with Gasteiger partial charge in [-0.05, 0) is 49.4 Å². The van der Waals surface area contributed by atoms with Crippen molar-refractivity contribution in [2.75, 3.05) is 18.7 Å². The third-order valence-electron chi connectivity index (χ3n) is 4.90. The lowest BCUT2D eigenvalue weighted by Gasteiger charge is -2.07. The molecule has 0 aliphatic carbocycles. The van der Waals surface area contributed by atoms with Crippen LogP contribution in [0, 0.1) is 0 Å². The van der Waals surface area contributed by atoms with E-state index in [1.165, 1.54) is 10.8 Å². The number of benzene rings is 2. The molecule has 0 saturated heterocycles. The second-order valence-electron chi connectivity index (χ2n) is 7.03. The number of hydrogen-bond acceptors (Lipinski definition) is 7. The molecule has 162 valence electrons. The lowest BCUT2D eigenvalue weighted by Crippen LogP contribution is -2.30. The average molecular weight is 433 g/mol. The summed E-state index contributed by atoms with van der Waals surface area (Å²) in [5.74, 6) is 1.54. The lowest BCUT2D eigenvalue weighted by atomic mass is 10.1. The number of aromatic nitrogens is 4. The molecular formula is C22H19N5O5. The first-order valence-electron chi connectivity index (χ1n) is 9.99. The molecule has 0 radical (unpaired) electrons. The lowest BCUT2D eigenvalue weighted by molar-refractivity contribution is -0.117. The summed E-state index contributed by atoms with van der Waals surface area (Å²) >= 11 is 0. The van der Waals surface area contributed by atoms with Gasteiger partial charge in [-0.2, -0.15) is 10.2 Å². The Balaban J connectivity index is 1.35. The Kier molecular flexibility index (Phi) is 4.94. The normalized spacial score (nSPS) is 12.2. The molecule has 1 aliphatic rings. The van der Waals surface area contributed by atoms with Crippen LogP contribution in [0.3, 0.4) is 0 Å². The summed E-state index contributed by atoms with van der Waals surface area (Å²) in [6, 6.07) is 14.2. The van der Waals surface area contributed by atoms with Gasteiger partial charge in [0.15, 0.2) is 11.5 Å². The predicted molar refractivity (Wildman–Crippen MR) is 115 cm³/mol. The second kappa shape index (κ2) is 8.06. The second-order valence-corrected chi connectivity index (χ2v) is 7.03. The van der Waals surface area contributed by atoms with Crippen LogP contribution in [0.15, 0.2) is 59.7 Å². The van der Waals surface area contributed by atoms with E-state index in [9.17, 15) is 9.59 Å². The van der Waals surface area contributed by atoms with Crippen LogP contribution in [-0.4, -0.2) is 38.7 Å². The largest absolute Gasteiger partial charge is 0.494 e. The molecule has 0 fully saturated rings. The Hall–Kier alpha value is -4.34. The molecule has 3 heterocycles. The molecule has 2 aromatic carbocycles. The zero-order valence-electron chi connectivity index (χ0n) is 17.1. The number of rotatable bonds is 6. The van der Waals surface area contributed by atoms with Crippen molar-refractivity contribution in [3.05, 3.63) is 65.2 Å². The summed E-state index contributed by atoms with van der Waals surface area (Å²) in [4.78, 5) is 25.3. The van der Waals surface area contributed by atoms with Crippen LogP contribution in [0.4, 0.5) is 5.69 Å². The van der Waals surface area contributed by atoms with E-state index in [0.717, 1.165) is 16.0 Å². The van der Waals surface area contributed by atoms with E-state index in [1.807, 2.05) is 31.2 Å². The molecule has 1 N–H and O–H groups in total. The molecular weight excluding hydrogens is 414 g/mol. The van der Waals surface area contributed by atoms with Crippen LogP contribution in [-0.2, 0) is 11.3 Å². The van der Waals surface area contributed by atoms with Crippen molar-refractivity contribution >= 4 is 17.1 Å². The number of nitrogens with one attached hydrogen (secondary N) is 1. The molecule has 4 aromatic rings. The van der Waals surface area contributed by atoms with E-state index in [1.54, 1.807) is 24.3 Å². The van der Waals surface area contributed by atoms with Crippen LogP contribution < -0.4 is 25.1 Å². The van der Waals surface area contributed by atoms with E-state index in [2.05, 4.69) is 15.5 Å². The zero-order chi connectivity index (χ0) is 22.1. The van der Waals surface area contributed by atoms with Gasteiger partial charge in [-0.15, -0.1) is 0 Å². The van der Waals surface area contributed by atoms with Gasteiger partial charge >= 0.3 is 0 Å². The van der Waals surface area contributed by atoms with Crippen molar-refractivity contribution in [1.82, 2.24) is 19.4 Å². The Morgan fingerprint density at radius 2 is 1.94 bits per heavy atom. The van der Waals surface area contributed by atoms with Gasteiger partial charge < -0.3 is 19.5 Å². The van der Waals surface area contributed by atoms with Crippen molar-refractivity contribution in [1.29, 1.82) is 0 Å². The van der Waals surface area contributed by atoms with Crippen LogP contribution in [0.2, 0.25) is 0 Å². The van der Waals surface area contributed by atoms with Crippen LogP contribution in [0.1, 0.15) is 6.92 Å². The summed E-state index contributed by atoms with van der Waals surface area (Å²) in [6.45, 7) is 2.41. The third kappa shape index (κ3) is 3.73. The van der Waals surface area contributed by atoms with E-state index in [-0.39, 0.29) is 13.3 Å². The zero-order valence-corrected chi connectivity index (χ0v) is 17.1. The standard InChI is InChI=1S/C22H19N5O5/c1-2-30-16-6-3-14(4-7-16)17-10-18-22(29)26(23-12-27(18)25-17)11-21(28)24-15-5-8-19-20(9-15)32-13-31-19/h3-10,12H,2,11,13H2,1H3,(H,24,28). The molecule has 0 spiro atoms. The summed E-state index contributed by atoms with van der Waals surface area (Å²) in [5.41, 5.74) is 1.89. The van der Waals surface area contributed by atoms with Crippen molar-refractivity contribution < 1.29 is 19.0 Å². The molecule has 10 heteroatoms.